The number of sulfonamides is 1. The van der Waals surface area contributed by atoms with E-state index in [0.717, 1.165) is 25.9 Å². The molecule has 3 N–H and O–H groups in total. The molecule has 0 aromatic heterocycles. The molecule has 1 fully saturated rings. The fourth-order valence-corrected chi connectivity index (χ4v) is 3.25. The van der Waals surface area contributed by atoms with Crippen LogP contribution in [0.15, 0.2) is 0 Å². The number of nitrogens with one attached hydrogen (secondary N) is 3. The molecule has 0 aromatic rings. The minimum absolute atomic E-state index is 0.0689. The fourth-order valence-electron chi connectivity index (χ4n) is 2.59. The topological polar surface area (TPSA) is 87.3 Å². The van der Waals surface area contributed by atoms with E-state index in [-0.39, 0.29) is 11.7 Å². The SMILES string of the molecule is CCS(=O)(=O)NCCCNC(=O)CC(C)C1CCNCC1. The summed E-state index contributed by atoms with van der Waals surface area (Å²) in [5.41, 5.74) is 0. The Balaban J connectivity index is 2.10. The van der Waals surface area contributed by atoms with Gasteiger partial charge in [0.25, 0.3) is 0 Å². The maximum Gasteiger partial charge on any atom is 0.220 e. The predicted octanol–water partition coefficient (Wildman–Crippen LogP) is 0.458. The third-order valence-corrected chi connectivity index (χ3v) is 5.48. The van der Waals surface area contributed by atoms with Gasteiger partial charge < -0.3 is 10.6 Å². The normalized spacial score (nSPS) is 18.4. The Morgan fingerprint density at radius 3 is 2.57 bits per heavy atom. The molecule has 1 amide bonds. The number of hydrogen-bond acceptors (Lipinski definition) is 4. The molecule has 7 heteroatoms. The Morgan fingerprint density at radius 1 is 1.29 bits per heavy atom. The molecule has 1 heterocycles. The minimum atomic E-state index is -3.12. The van der Waals surface area contributed by atoms with Crippen LogP contribution >= 0.6 is 0 Å². The number of amides is 1. The lowest BCUT2D eigenvalue weighted by Gasteiger charge is -2.27. The highest BCUT2D eigenvalue weighted by atomic mass is 32.2. The van der Waals surface area contributed by atoms with Crippen molar-refractivity contribution in [3.05, 3.63) is 0 Å². The van der Waals surface area contributed by atoms with Gasteiger partial charge in [0.1, 0.15) is 0 Å². The first-order valence-electron chi connectivity index (χ1n) is 7.89. The number of rotatable bonds is 9. The van der Waals surface area contributed by atoms with Crippen LogP contribution in [0.25, 0.3) is 0 Å². The van der Waals surface area contributed by atoms with Crippen molar-refractivity contribution in [1.29, 1.82) is 0 Å². The van der Waals surface area contributed by atoms with E-state index in [2.05, 4.69) is 22.3 Å². The van der Waals surface area contributed by atoms with E-state index >= 15 is 0 Å². The summed E-state index contributed by atoms with van der Waals surface area (Å²) in [6.07, 6.45) is 3.47. The summed E-state index contributed by atoms with van der Waals surface area (Å²) >= 11 is 0. The van der Waals surface area contributed by atoms with Crippen LogP contribution in [0.4, 0.5) is 0 Å². The molecule has 21 heavy (non-hydrogen) atoms. The molecule has 6 nitrogen and oxygen atoms in total. The van der Waals surface area contributed by atoms with Crippen molar-refractivity contribution in [3.8, 4) is 0 Å². The maximum absolute atomic E-state index is 11.8. The zero-order chi connectivity index (χ0) is 15.7. The van der Waals surface area contributed by atoms with Gasteiger partial charge >= 0.3 is 0 Å². The molecule has 0 aliphatic carbocycles. The third kappa shape index (κ3) is 7.78. The quantitative estimate of drug-likeness (QED) is 0.539. The van der Waals surface area contributed by atoms with Crippen molar-refractivity contribution in [1.82, 2.24) is 15.4 Å². The Bertz CT molecular complexity index is 406. The van der Waals surface area contributed by atoms with E-state index in [4.69, 9.17) is 0 Å². The third-order valence-electron chi connectivity index (χ3n) is 4.07. The predicted molar refractivity (Wildman–Crippen MR) is 84.5 cm³/mol. The van der Waals surface area contributed by atoms with Crippen LogP contribution in [0, 0.1) is 11.8 Å². The maximum atomic E-state index is 11.8. The van der Waals surface area contributed by atoms with E-state index in [9.17, 15) is 13.2 Å². The summed E-state index contributed by atoms with van der Waals surface area (Å²) in [6, 6.07) is 0. The molecular formula is C14H29N3O3S. The van der Waals surface area contributed by atoms with Crippen LogP contribution < -0.4 is 15.4 Å². The van der Waals surface area contributed by atoms with Gasteiger partial charge in [0.05, 0.1) is 5.75 Å². The van der Waals surface area contributed by atoms with Crippen molar-refractivity contribution in [2.75, 3.05) is 31.9 Å². The summed E-state index contributed by atoms with van der Waals surface area (Å²) in [5.74, 6) is 1.20. The van der Waals surface area contributed by atoms with Crippen molar-refractivity contribution in [3.63, 3.8) is 0 Å². The molecule has 0 bridgehead atoms. The van der Waals surface area contributed by atoms with Crippen LogP contribution in [0.5, 0.6) is 0 Å². The van der Waals surface area contributed by atoms with E-state index in [0.29, 0.717) is 37.8 Å². The Labute approximate surface area is 128 Å². The van der Waals surface area contributed by atoms with Gasteiger partial charge in [0.15, 0.2) is 0 Å². The molecule has 0 spiro atoms. The Kier molecular flexibility index (Phi) is 8.21. The van der Waals surface area contributed by atoms with Gasteiger partial charge in [-0.1, -0.05) is 6.92 Å². The summed E-state index contributed by atoms with van der Waals surface area (Å²) in [5, 5.41) is 6.20. The highest BCUT2D eigenvalue weighted by Crippen LogP contribution is 2.23. The largest absolute Gasteiger partial charge is 0.356 e. The summed E-state index contributed by atoms with van der Waals surface area (Å²) in [7, 11) is -3.12. The monoisotopic (exact) mass is 319 g/mol. The van der Waals surface area contributed by atoms with E-state index in [1.165, 1.54) is 0 Å². The zero-order valence-corrected chi connectivity index (χ0v) is 14.0. The summed E-state index contributed by atoms with van der Waals surface area (Å²) < 4.78 is 24.9. The van der Waals surface area contributed by atoms with Crippen molar-refractivity contribution in [2.24, 2.45) is 11.8 Å². The van der Waals surface area contributed by atoms with Gasteiger partial charge in [-0.05, 0) is 51.1 Å². The smallest absolute Gasteiger partial charge is 0.220 e. The standard InChI is InChI=1S/C14H29N3O3S/c1-3-21(19,20)17-8-4-7-16-14(18)11-12(2)13-5-9-15-10-6-13/h12-13,15,17H,3-11H2,1-2H3,(H,16,18). The summed E-state index contributed by atoms with van der Waals surface area (Å²) in [6.45, 7) is 6.74. The molecular weight excluding hydrogens is 290 g/mol. The van der Waals surface area contributed by atoms with Crippen LogP contribution in [-0.4, -0.2) is 46.3 Å². The molecule has 0 radical (unpaired) electrons. The van der Waals surface area contributed by atoms with Crippen molar-refractivity contribution >= 4 is 15.9 Å². The average Bonchev–Trinajstić information content (AvgIpc) is 2.47. The van der Waals surface area contributed by atoms with Crippen LogP contribution in [0.2, 0.25) is 0 Å². The molecule has 1 saturated heterocycles. The second-order valence-electron chi connectivity index (χ2n) is 5.77. The lowest BCUT2D eigenvalue weighted by molar-refractivity contribution is -0.122. The van der Waals surface area contributed by atoms with Gasteiger partial charge in [-0.25, -0.2) is 13.1 Å². The highest BCUT2D eigenvalue weighted by Gasteiger charge is 2.21. The highest BCUT2D eigenvalue weighted by molar-refractivity contribution is 7.89. The van der Waals surface area contributed by atoms with Gasteiger partial charge in [0.2, 0.25) is 15.9 Å². The molecule has 1 unspecified atom stereocenters. The number of carbonyl (C=O) groups excluding carboxylic acids is 1. The molecule has 0 aromatic carbocycles. The van der Waals surface area contributed by atoms with Crippen LogP contribution in [0.3, 0.4) is 0 Å². The number of piperidine rings is 1. The first-order chi connectivity index (χ1) is 9.94. The first kappa shape index (κ1) is 18.4. The van der Waals surface area contributed by atoms with Gasteiger partial charge in [0, 0.05) is 19.5 Å². The number of carbonyl (C=O) groups is 1. The van der Waals surface area contributed by atoms with E-state index in [1.807, 2.05) is 0 Å². The molecule has 1 aliphatic rings. The van der Waals surface area contributed by atoms with Crippen LogP contribution in [0.1, 0.15) is 39.5 Å². The molecule has 0 saturated carbocycles. The zero-order valence-electron chi connectivity index (χ0n) is 13.2. The van der Waals surface area contributed by atoms with E-state index in [1.54, 1.807) is 6.92 Å². The summed E-state index contributed by atoms with van der Waals surface area (Å²) in [4.78, 5) is 11.8. The van der Waals surface area contributed by atoms with E-state index < -0.39 is 10.0 Å². The Morgan fingerprint density at radius 2 is 1.95 bits per heavy atom. The second kappa shape index (κ2) is 9.38. The fraction of sp³-hybridized carbons (Fsp3) is 0.929. The van der Waals surface area contributed by atoms with Crippen LogP contribution in [-0.2, 0) is 14.8 Å². The average molecular weight is 319 g/mol. The van der Waals surface area contributed by atoms with Gasteiger partial charge in [-0.3, -0.25) is 4.79 Å². The van der Waals surface area contributed by atoms with Crippen molar-refractivity contribution < 1.29 is 13.2 Å². The number of hydrogen-bond donors (Lipinski definition) is 3. The van der Waals surface area contributed by atoms with Gasteiger partial charge in [-0.2, -0.15) is 0 Å². The minimum Gasteiger partial charge on any atom is -0.356 e. The Hall–Kier alpha value is -0.660. The molecule has 1 atom stereocenters. The lowest BCUT2D eigenvalue weighted by atomic mass is 9.84. The molecule has 1 rings (SSSR count). The second-order valence-corrected chi connectivity index (χ2v) is 7.87. The van der Waals surface area contributed by atoms with Gasteiger partial charge in [-0.15, -0.1) is 0 Å². The lowest BCUT2D eigenvalue weighted by Crippen LogP contribution is -2.34. The van der Waals surface area contributed by atoms with Crippen molar-refractivity contribution in [2.45, 2.75) is 39.5 Å². The molecule has 124 valence electrons. The first-order valence-corrected chi connectivity index (χ1v) is 9.54. The molecule has 1 aliphatic heterocycles.